The fraction of sp³-hybridized carbons (Fsp3) is 1.00. The predicted octanol–water partition coefficient (Wildman–Crippen LogP) is 1.29. The van der Waals surface area contributed by atoms with Crippen molar-refractivity contribution in [2.75, 3.05) is 7.11 Å². The molecular weight excluding hydrogens is 196 g/mol. The van der Waals surface area contributed by atoms with E-state index in [1.807, 2.05) is 13.8 Å². The lowest BCUT2D eigenvalue weighted by molar-refractivity contribution is -0.234. The summed E-state index contributed by atoms with van der Waals surface area (Å²) in [5.74, 6) is 0.0354. The summed E-state index contributed by atoms with van der Waals surface area (Å²) in [6, 6.07) is 0. The molecule has 1 aliphatic carbocycles. The van der Waals surface area contributed by atoms with Gasteiger partial charge in [-0.25, -0.2) is 0 Å². The van der Waals surface area contributed by atoms with Crippen LogP contribution in [0.25, 0.3) is 0 Å². The van der Waals surface area contributed by atoms with E-state index in [2.05, 4.69) is 6.92 Å². The zero-order chi connectivity index (χ0) is 10.8. The molecule has 3 aliphatic rings. The van der Waals surface area contributed by atoms with Crippen molar-refractivity contribution in [3.05, 3.63) is 0 Å². The van der Waals surface area contributed by atoms with Gasteiger partial charge in [-0.2, -0.15) is 0 Å². The van der Waals surface area contributed by atoms with Crippen LogP contribution < -0.4 is 0 Å². The van der Waals surface area contributed by atoms with Crippen molar-refractivity contribution >= 4 is 0 Å². The van der Waals surface area contributed by atoms with Gasteiger partial charge in [-0.1, -0.05) is 6.92 Å². The van der Waals surface area contributed by atoms with E-state index in [0.29, 0.717) is 5.92 Å². The van der Waals surface area contributed by atoms with Crippen LogP contribution in [0.2, 0.25) is 0 Å². The lowest BCUT2D eigenvalue weighted by Crippen LogP contribution is -2.32. The molecule has 4 nitrogen and oxygen atoms in total. The van der Waals surface area contributed by atoms with Crippen LogP contribution in [0.15, 0.2) is 0 Å². The summed E-state index contributed by atoms with van der Waals surface area (Å²) in [6.45, 7) is 6.07. The first-order valence-electron chi connectivity index (χ1n) is 5.55. The number of ether oxygens (including phenoxy) is 4. The Bertz CT molecular complexity index is 290. The molecule has 0 aromatic heterocycles. The molecule has 3 rings (SSSR count). The van der Waals surface area contributed by atoms with Crippen molar-refractivity contribution in [2.24, 2.45) is 5.92 Å². The van der Waals surface area contributed by atoms with Crippen molar-refractivity contribution in [3.8, 4) is 0 Å². The average molecular weight is 214 g/mol. The maximum Gasteiger partial charge on any atom is 0.186 e. The second kappa shape index (κ2) is 2.74. The molecule has 4 heteroatoms. The van der Waals surface area contributed by atoms with E-state index in [1.54, 1.807) is 7.11 Å². The van der Waals surface area contributed by atoms with Gasteiger partial charge < -0.3 is 18.9 Å². The zero-order valence-electron chi connectivity index (χ0n) is 9.65. The zero-order valence-corrected chi connectivity index (χ0v) is 9.65. The van der Waals surface area contributed by atoms with E-state index in [4.69, 9.17) is 18.9 Å². The van der Waals surface area contributed by atoms with Crippen LogP contribution in [0, 0.1) is 5.92 Å². The molecule has 86 valence electrons. The second-order valence-electron chi connectivity index (χ2n) is 5.30. The van der Waals surface area contributed by atoms with E-state index in [1.165, 1.54) is 0 Å². The van der Waals surface area contributed by atoms with Crippen LogP contribution in [0.5, 0.6) is 0 Å². The third-order valence-corrected chi connectivity index (χ3v) is 3.75. The molecule has 0 radical (unpaired) electrons. The molecule has 0 amide bonds. The Labute approximate surface area is 89.8 Å². The smallest absolute Gasteiger partial charge is 0.186 e. The molecule has 0 N–H and O–H groups in total. The molecule has 0 aromatic carbocycles. The van der Waals surface area contributed by atoms with Crippen molar-refractivity contribution in [3.63, 3.8) is 0 Å². The molecule has 2 heterocycles. The van der Waals surface area contributed by atoms with Gasteiger partial charge >= 0.3 is 0 Å². The molecule has 5 atom stereocenters. The van der Waals surface area contributed by atoms with Crippen LogP contribution in [-0.4, -0.2) is 37.0 Å². The normalized spacial score (nSPS) is 56.0. The molecule has 5 unspecified atom stereocenters. The maximum atomic E-state index is 5.93. The summed E-state index contributed by atoms with van der Waals surface area (Å²) < 4.78 is 23.0. The number of hydrogen-bond donors (Lipinski definition) is 0. The molecule has 0 bridgehead atoms. The van der Waals surface area contributed by atoms with Crippen molar-refractivity contribution in [2.45, 2.75) is 57.1 Å². The Morgan fingerprint density at radius 2 is 1.87 bits per heavy atom. The molecular formula is C11H18O4. The number of hydrogen-bond acceptors (Lipinski definition) is 4. The van der Waals surface area contributed by atoms with Gasteiger partial charge in [0.2, 0.25) is 0 Å². The SMILES string of the molecule is COC1OC2(CC2C)C2OC(C)(C)OC12. The number of fused-ring (bicyclic) bond motifs is 2. The largest absolute Gasteiger partial charge is 0.353 e. The first-order valence-corrected chi connectivity index (χ1v) is 5.55. The highest BCUT2D eigenvalue weighted by atomic mass is 16.8. The maximum absolute atomic E-state index is 5.93. The third-order valence-electron chi connectivity index (χ3n) is 3.75. The van der Waals surface area contributed by atoms with E-state index in [-0.39, 0.29) is 24.1 Å². The Kier molecular flexibility index (Phi) is 1.83. The van der Waals surface area contributed by atoms with Crippen LogP contribution in [0.3, 0.4) is 0 Å². The van der Waals surface area contributed by atoms with Gasteiger partial charge in [0.1, 0.15) is 17.8 Å². The molecule has 0 aromatic rings. The molecule has 1 saturated carbocycles. The van der Waals surface area contributed by atoms with Crippen LogP contribution in [-0.2, 0) is 18.9 Å². The molecule has 1 spiro atoms. The van der Waals surface area contributed by atoms with Gasteiger partial charge in [0, 0.05) is 7.11 Å². The number of rotatable bonds is 1. The Hall–Kier alpha value is -0.160. The van der Waals surface area contributed by atoms with E-state index < -0.39 is 5.79 Å². The van der Waals surface area contributed by atoms with Gasteiger partial charge in [-0.3, -0.25) is 0 Å². The molecule has 2 saturated heterocycles. The monoisotopic (exact) mass is 214 g/mol. The summed E-state index contributed by atoms with van der Waals surface area (Å²) in [7, 11) is 1.66. The first kappa shape index (κ1) is 10.0. The lowest BCUT2D eigenvalue weighted by Gasteiger charge is -2.23. The van der Waals surface area contributed by atoms with Gasteiger partial charge in [0.25, 0.3) is 0 Å². The fourth-order valence-electron chi connectivity index (χ4n) is 2.88. The predicted molar refractivity (Wildman–Crippen MR) is 52.2 cm³/mol. The highest BCUT2D eigenvalue weighted by Crippen LogP contribution is 2.59. The van der Waals surface area contributed by atoms with Gasteiger partial charge in [0.05, 0.1) is 0 Å². The van der Waals surface area contributed by atoms with Crippen molar-refractivity contribution < 1.29 is 18.9 Å². The summed E-state index contributed by atoms with van der Waals surface area (Å²) >= 11 is 0. The topological polar surface area (TPSA) is 36.9 Å². The Morgan fingerprint density at radius 3 is 2.40 bits per heavy atom. The van der Waals surface area contributed by atoms with Crippen LogP contribution >= 0.6 is 0 Å². The van der Waals surface area contributed by atoms with E-state index in [9.17, 15) is 0 Å². The van der Waals surface area contributed by atoms with Crippen molar-refractivity contribution in [1.82, 2.24) is 0 Å². The lowest BCUT2D eigenvalue weighted by atomic mass is 10.1. The average Bonchev–Trinajstić information content (AvgIpc) is 2.53. The third kappa shape index (κ3) is 1.22. The first-order chi connectivity index (χ1) is 6.98. The molecule has 3 fully saturated rings. The van der Waals surface area contributed by atoms with Crippen LogP contribution in [0.4, 0.5) is 0 Å². The number of methoxy groups -OCH3 is 1. The minimum Gasteiger partial charge on any atom is -0.353 e. The van der Waals surface area contributed by atoms with Crippen molar-refractivity contribution in [1.29, 1.82) is 0 Å². The fourth-order valence-corrected chi connectivity index (χ4v) is 2.88. The van der Waals surface area contributed by atoms with E-state index in [0.717, 1.165) is 6.42 Å². The highest BCUT2D eigenvalue weighted by Gasteiger charge is 2.72. The molecule has 15 heavy (non-hydrogen) atoms. The Balaban J connectivity index is 1.88. The van der Waals surface area contributed by atoms with Gasteiger partial charge in [0.15, 0.2) is 12.1 Å². The summed E-state index contributed by atoms with van der Waals surface area (Å²) in [5.41, 5.74) is -0.140. The quantitative estimate of drug-likeness (QED) is 0.659. The highest BCUT2D eigenvalue weighted by molar-refractivity contribution is 5.17. The summed E-state index contributed by atoms with van der Waals surface area (Å²) in [4.78, 5) is 0. The summed E-state index contributed by atoms with van der Waals surface area (Å²) in [5, 5.41) is 0. The summed E-state index contributed by atoms with van der Waals surface area (Å²) in [6.07, 6.45) is 0.733. The Morgan fingerprint density at radius 1 is 1.20 bits per heavy atom. The van der Waals surface area contributed by atoms with Crippen LogP contribution in [0.1, 0.15) is 27.2 Å². The van der Waals surface area contributed by atoms with E-state index >= 15 is 0 Å². The standard InChI is InChI=1S/C11H18O4/c1-6-5-11(6)8-7(9(12-4)15-11)13-10(2,3)14-8/h6-9H,5H2,1-4H3. The van der Waals surface area contributed by atoms with Gasteiger partial charge in [-0.05, 0) is 26.2 Å². The minimum absolute atomic E-state index is 0.0347. The van der Waals surface area contributed by atoms with Gasteiger partial charge in [-0.15, -0.1) is 0 Å². The minimum atomic E-state index is -0.509. The molecule has 2 aliphatic heterocycles. The second-order valence-corrected chi connectivity index (χ2v) is 5.30.